The van der Waals surface area contributed by atoms with Gasteiger partial charge in [-0.05, 0) is 41.5 Å². The van der Waals surface area contributed by atoms with Gasteiger partial charge in [0.05, 0.1) is 15.7 Å². The van der Waals surface area contributed by atoms with E-state index in [-0.39, 0.29) is 26.9 Å². The number of hydrogen-bond donors (Lipinski definition) is 1. The minimum absolute atomic E-state index is 0.0705. The van der Waals surface area contributed by atoms with E-state index in [0.717, 1.165) is 16.8 Å². The molecule has 0 spiro atoms. The van der Waals surface area contributed by atoms with Crippen molar-refractivity contribution in [3.8, 4) is 22.4 Å². The third-order valence-electron chi connectivity index (χ3n) is 3.96. The molecule has 0 aliphatic rings. The zero-order valence-electron chi connectivity index (χ0n) is 13.7. The molecular weight excluding hydrogens is 404 g/mol. The zero-order chi connectivity index (χ0) is 19.9. The molecule has 0 amide bonds. The van der Waals surface area contributed by atoms with E-state index in [2.05, 4.69) is 5.10 Å². The fourth-order valence-electron chi connectivity index (χ4n) is 2.84. The molecule has 3 rings (SSSR count). The molecule has 1 heterocycles. The highest BCUT2D eigenvalue weighted by molar-refractivity contribution is 6.42. The summed E-state index contributed by atoms with van der Waals surface area (Å²) in [6.45, 7) is 0. The average molecular weight is 415 g/mol. The second kappa shape index (κ2) is 7.25. The third-order valence-corrected chi connectivity index (χ3v) is 4.70. The van der Waals surface area contributed by atoms with Crippen molar-refractivity contribution in [2.24, 2.45) is 7.05 Å². The number of nitrogens with zero attached hydrogens (tertiary/aromatic N) is 2. The Hall–Kier alpha value is -2.51. The van der Waals surface area contributed by atoms with Gasteiger partial charge >= 0.3 is 5.97 Å². The Balaban J connectivity index is 2.34. The van der Waals surface area contributed by atoms with Gasteiger partial charge in [-0.2, -0.15) is 5.10 Å². The summed E-state index contributed by atoms with van der Waals surface area (Å²) >= 11 is 11.9. The fourth-order valence-corrected chi connectivity index (χ4v) is 3.14. The molecule has 0 aliphatic heterocycles. The number of rotatable bonds is 4. The Kier molecular flexibility index (Phi) is 5.17. The Morgan fingerprint density at radius 3 is 2.41 bits per heavy atom. The van der Waals surface area contributed by atoms with E-state index in [1.54, 1.807) is 6.07 Å². The average Bonchev–Trinajstić information content (AvgIpc) is 2.95. The molecule has 9 heteroatoms. The summed E-state index contributed by atoms with van der Waals surface area (Å²) in [6.07, 6.45) is -3.08. The van der Waals surface area contributed by atoms with Crippen LogP contribution in [0.2, 0.25) is 10.0 Å². The Labute approximate surface area is 161 Å². The second-order valence-corrected chi connectivity index (χ2v) is 6.47. The number of aromatic nitrogens is 2. The van der Waals surface area contributed by atoms with Crippen molar-refractivity contribution in [3.05, 3.63) is 63.5 Å². The number of aryl methyl sites for hydroxylation is 1. The summed E-state index contributed by atoms with van der Waals surface area (Å²) in [7, 11) is 1.34. The van der Waals surface area contributed by atoms with Gasteiger partial charge in [0.15, 0.2) is 0 Å². The lowest BCUT2D eigenvalue weighted by molar-refractivity contribution is 0.0685. The van der Waals surface area contributed by atoms with Gasteiger partial charge in [0.25, 0.3) is 6.43 Å². The largest absolute Gasteiger partial charge is 0.478 e. The monoisotopic (exact) mass is 414 g/mol. The van der Waals surface area contributed by atoms with Gasteiger partial charge < -0.3 is 5.11 Å². The molecule has 1 aromatic heterocycles. The summed E-state index contributed by atoms with van der Waals surface area (Å²) < 4.78 is 41.4. The van der Waals surface area contributed by atoms with Crippen LogP contribution in [0.25, 0.3) is 22.4 Å². The van der Waals surface area contributed by atoms with E-state index in [9.17, 15) is 23.1 Å². The molecule has 0 saturated carbocycles. The lowest BCUT2D eigenvalue weighted by Gasteiger charge is -2.12. The van der Waals surface area contributed by atoms with Crippen LogP contribution in [0.4, 0.5) is 13.2 Å². The summed E-state index contributed by atoms with van der Waals surface area (Å²) in [5.41, 5.74) is -0.646. The Morgan fingerprint density at radius 2 is 1.81 bits per heavy atom. The SMILES string of the molecule is Cn1nc(C(F)F)c(C(=O)O)c1-c1ccc(F)cc1-c1ccc(Cl)c(Cl)c1. The molecule has 0 aliphatic carbocycles. The van der Waals surface area contributed by atoms with Crippen molar-refractivity contribution in [2.45, 2.75) is 6.43 Å². The highest BCUT2D eigenvalue weighted by Gasteiger charge is 2.29. The summed E-state index contributed by atoms with van der Waals surface area (Å²) in [6, 6.07) is 8.13. The van der Waals surface area contributed by atoms with Crippen molar-refractivity contribution >= 4 is 29.2 Å². The van der Waals surface area contributed by atoms with E-state index >= 15 is 0 Å². The fraction of sp³-hybridized carbons (Fsp3) is 0.111. The lowest BCUT2D eigenvalue weighted by atomic mass is 9.95. The summed E-state index contributed by atoms with van der Waals surface area (Å²) in [5.74, 6) is -2.15. The predicted molar refractivity (Wildman–Crippen MR) is 96.0 cm³/mol. The van der Waals surface area contributed by atoms with Gasteiger partial charge in [-0.15, -0.1) is 0 Å². The van der Waals surface area contributed by atoms with Crippen molar-refractivity contribution in [1.29, 1.82) is 0 Å². The topological polar surface area (TPSA) is 55.1 Å². The number of hydrogen-bond acceptors (Lipinski definition) is 2. The van der Waals surface area contributed by atoms with Gasteiger partial charge in [0, 0.05) is 12.6 Å². The normalized spacial score (nSPS) is 11.2. The Morgan fingerprint density at radius 1 is 1.11 bits per heavy atom. The quantitative estimate of drug-likeness (QED) is 0.583. The molecule has 4 nitrogen and oxygen atoms in total. The number of carbonyl (C=O) groups is 1. The zero-order valence-corrected chi connectivity index (χ0v) is 15.2. The van der Waals surface area contributed by atoms with E-state index in [1.165, 1.54) is 25.2 Å². The van der Waals surface area contributed by atoms with Crippen molar-refractivity contribution in [3.63, 3.8) is 0 Å². The highest BCUT2D eigenvalue weighted by Crippen LogP contribution is 2.39. The van der Waals surface area contributed by atoms with Crippen LogP contribution in [0.15, 0.2) is 36.4 Å². The molecule has 0 bridgehead atoms. The van der Waals surface area contributed by atoms with Crippen LogP contribution in [0.3, 0.4) is 0 Å². The number of benzene rings is 2. The number of halogens is 5. The van der Waals surface area contributed by atoms with Crippen LogP contribution in [-0.2, 0) is 7.05 Å². The van der Waals surface area contributed by atoms with E-state index in [1.807, 2.05) is 0 Å². The first-order valence-corrected chi connectivity index (χ1v) is 8.30. The molecule has 3 aromatic rings. The number of alkyl halides is 2. The maximum atomic E-state index is 13.9. The summed E-state index contributed by atoms with van der Waals surface area (Å²) in [5, 5.41) is 13.6. The second-order valence-electron chi connectivity index (χ2n) is 5.66. The number of carboxylic acids is 1. The van der Waals surface area contributed by atoms with E-state index in [4.69, 9.17) is 23.2 Å². The van der Waals surface area contributed by atoms with E-state index in [0.29, 0.717) is 5.56 Å². The number of aromatic carboxylic acids is 1. The molecule has 0 atom stereocenters. The lowest BCUT2D eigenvalue weighted by Crippen LogP contribution is -2.04. The van der Waals surface area contributed by atoms with Crippen LogP contribution < -0.4 is 0 Å². The number of carboxylic acid groups (broad SMARTS) is 1. The van der Waals surface area contributed by atoms with Crippen LogP contribution in [0.5, 0.6) is 0 Å². The first kappa shape index (κ1) is 19.3. The first-order chi connectivity index (χ1) is 12.7. The Bertz CT molecular complexity index is 1050. The van der Waals surface area contributed by atoms with Crippen LogP contribution in [0.1, 0.15) is 22.5 Å². The van der Waals surface area contributed by atoms with Gasteiger partial charge in [-0.3, -0.25) is 4.68 Å². The molecule has 2 aromatic carbocycles. The molecule has 0 fully saturated rings. The van der Waals surface area contributed by atoms with Crippen molar-refractivity contribution in [2.75, 3.05) is 0 Å². The van der Waals surface area contributed by atoms with Crippen LogP contribution in [0, 0.1) is 5.82 Å². The molecular formula is C18H11Cl2F3N2O2. The minimum Gasteiger partial charge on any atom is -0.478 e. The maximum absolute atomic E-state index is 13.9. The highest BCUT2D eigenvalue weighted by atomic mass is 35.5. The van der Waals surface area contributed by atoms with Crippen LogP contribution in [-0.4, -0.2) is 20.9 Å². The molecule has 0 radical (unpaired) electrons. The van der Waals surface area contributed by atoms with Gasteiger partial charge in [-0.1, -0.05) is 29.3 Å². The molecule has 1 N–H and O–H groups in total. The van der Waals surface area contributed by atoms with Crippen molar-refractivity contribution < 1.29 is 23.1 Å². The van der Waals surface area contributed by atoms with Crippen LogP contribution >= 0.6 is 23.2 Å². The molecule has 0 saturated heterocycles. The summed E-state index contributed by atoms with van der Waals surface area (Å²) in [4.78, 5) is 11.6. The first-order valence-electron chi connectivity index (χ1n) is 7.54. The maximum Gasteiger partial charge on any atom is 0.340 e. The molecule has 140 valence electrons. The van der Waals surface area contributed by atoms with Gasteiger partial charge in [-0.25, -0.2) is 18.0 Å². The third kappa shape index (κ3) is 3.52. The standard InChI is InChI=1S/C18H11Cl2F3N2O2/c1-25-16(14(18(26)27)15(24-25)17(22)23)10-4-3-9(21)7-11(10)8-2-5-12(19)13(20)6-8/h2-7,17H,1H3,(H,26,27). The smallest absolute Gasteiger partial charge is 0.340 e. The van der Waals surface area contributed by atoms with E-state index < -0.39 is 29.5 Å². The van der Waals surface area contributed by atoms with Crippen molar-refractivity contribution in [1.82, 2.24) is 9.78 Å². The predicted octanol–water partition coefficient (Wildman–Crippen LogP) is 5.84. The minimum atomic E-state index is -3.08. The van der Waals surface area contributed by atoms with Gasteiger partial charge in [0.1, 0.15) is 17.1 Å². The molecule has 0 unspecified atom stereocenters. The van der Waals surface area contributed by atoms with Gasteiger partial charge in [0.2, 0.25) is 0 Å². The molecule has 27 heavy (non-hydrogen) atoms.